The number of pyridine rings is 1. The lowest BCUT2D eigenvalue weighted by molar-refractivity contribution is -0.119. The number of thioether (sulfide) groups is 1. The van der Waals surface area contributed by atoms with E-state index in [4.69, 9.17) is 0 Å². The van der Waals surface area contributed by atoms with Crippen LogP contribution in [0.2, 0.25) is 0 Å². The molecule has 2 aromatic heterocycles. The number of hydrogen-bond acceptors (Lipinski definition) is 5. The lowest BCUT2D eigenvalue weighted by Crippen LogP contribution is -2.42. The van der Waals surface area contributed by atoms with Crippen LogP contribution < -0.4 is 10.9 Å². The number of para-hydroxylation sites is 1. The van der Waals surface area contributed by atoms with Crippen molar-refractivity contribution in [1.29, 1.82) is 0 Å². The van der Waals surface area contributed by atoms with Gasteiger partial charge >= 0.3 is 0 Å². The highest BCUT2D eigenvalue weighted by Crippen LogP contribution is 2.25. The molecule has 0 bridgehead atoms. The number of halogens is 1. The first-order valence-corrected chi connectivity index (χ1v) is 10.5. The van der Waals surface area contributed by atoms with E-state index in [-0.39, 0.29) is 17.6 Å². The second kappa shape index (κ2) is 8.22. The quantitative estimate of drug-likeness (QED) is 0.352. The van der Waals surface area contributed by atoms with Crippen molar-refractivity contribution >= 4 is 56.1 Å². The van der Waals surface area contributed by atoms with Gasteiger partial charge in [-0.05, 0) is 48.9 Å². The number of carbonyl (C=O) groups excluding carboxylic acids is 2. The second-order valence-electron chi connectivity index (χ2n) is 6.32. The maximum atomic E-state index is 12.2. The molecule has 7 nitrogen and oxygen atoms in total. The minimum Gasteiger partial charge on any atom is -0.272 e. The van der Waals surface area contributed by atoms with Crippen LogP contribution in [0.15, 0.2) is 64.2 Å². The van der Waals surface area contributed by atoms with Gasteiger partial charge in [0.1, 0.15) is 0 Å². The predicted octanol–water partition coefficient (Wildman–Crippen LogP) is 3.51. The molecule has 0 aliphatic carbocycles. The van der Waals surface area contributed by atoms with Crippen molar-refractivity contribution in [2.75, 3.05) is 5.75 Å². The maximum absolute atomic E-state index is 12.2. The summed E-state index contributed by atoms with van der Waals surface area (Å²) < 4.78 is 2.80. The van der Waals surface area contributed by atoms with E-state index in [1.807, 2.05) is 41.7 Å². The van der Waals surface area contributed by atoms with Gasteiger partial charge in [-0.2, -0.15) is 0 Å². The number of rotatable bonds is 4. The number of aryl methyl sites for hydroxylation is 1. The molecule has 0 saturated carbocycles. The molecule has 2 amide bonds. The van der Waals surface area contributed by atoms with Gasteiger partial charge in [0.05, 0.1) is 11.3 Å². The van der Waals surface area contributed by atoms with Crippen LogP contribution in [0.3, 0.4) is 0 Å². The predicted molar refractivity (Wildman–Crippen MR) is 116 cm³/mol. The van der Waals surface area contributed by atoms with Crippen molar-refractivity contribution in [2.45, 2.75) is 12.1 Å². The molecule has 4 rings (SSSR count). The molecule has 0 radical (unpaired) electrons. The Morgan fingerprint density at radius 2 is 1.83 bits per heavy atom. The largest absolute Gasteiger partial charge is 0.272 e. The fourth-order valence-corrected chi connectivity index (χ4v) is 3.95. The molecule has 29 heavy (non-hydrogen) atoms. The summed E-state index contributed by atoms with van der Waals surface area (Å²) in [5, 5.41) is 10.1. The second-order valence-corrected chi connectivity index (χ2v) is 8.18. The minimum atomic E-state index is -0.384. The Labute approximate surface area is 179 Å². The van der Waals surface area contributed by atoms with Crippen molar-refractivity contribution in [3.63, 3.8) is 0 Å². The van der Waals surface area contributed by atoms with Crippen LogP contribution in [0.5, 0.6) is 0 Å². The Kier molecular flexibility index (Phi) is 5.50. The van der Waals surface area contributed by atoms with Gasteiger partial charge in [-0.1, -0.05) is 45.9 Å². The third kappa shape index (κ3) is 4.10. The highest BCUT2D eigenvalue weighted by atomic mass is 79.9. The molecule has 2 N–H and O–H groups in total. The zero-order chi connectivity index (χ0) is 20.4. The molecule has 2 aromatic carbocycles. The molecule has 0 saturated heterocycles. The van der Waals surface area contributed by atoms with Crippen molar-refractivity contribution in [2.24, 2.45) is 0 Å². The summed E-state index contributed by atoms with van der Waals surface area (Å²) >= 11 is 4.57. The van der Waals surface area contributed by atoms with E-state index in [9.17, 15) is 9.59 Å². The van der Waals surface area contributed by atoms with Gasteiger partial charge in [-0.25, -0.2) is 0 Å². The van der Waals surface area contributed by atoms with Gasteiger partial charge < -0.3 is 0 Å². The van der Waals surface area contributed by atoms with E-state index in [1.165, 1.54) is 11.8 Å². The van der Waals surface area contributed by atoms with Crippen LogP contribution in [0, 0.1) is 6.92 Å². The smallest absolute Gasteiger partial charge is 0.269 e. The summed E-state index contributed by atoms with van der Waals surface area (Å²) in [6, 6.07) is 16.8. The Bertz CT molecular complexity index is 1220. The number of hydrazine groups is 1. The molecule has 2 heterocycles. The lowest BCUT2D eigenvalue weighted by Gasteiger charge is -2.08. The van der Waals surface area contributed by atoms with Crippen LogP contribution >= 0.6 is 27.7 Å². The van der Waals surface area contributed by atoms with E-state index in [0.717, 1.165) is 26.6 Å². The fourth-order valence-electron chi connectivity index (χ4n) is 2.93. The lowest BCUT2D eigenvalue weighted by atomic mass is 10.1. The van der Waals surface area contributed by atoms with Gasteiger partial charge in [0.2, 0.25) is 5.91 Å². The van der Waals surface area contributed by atoms with Gasteiger partial charge in [-0.3, -0.25) is 24.8 Å². The molecular formula is C20H16BrN5O2S. The first kappa shape index (κ1) is 19.4. The van der Waals surface area contributed by atoms with E-state index < -0.39 is 0 Å². The van der Waals surface area contributed by atoms with Crippen molar-refractivity contribution in [1.82, 2.24) is 25.4 Å². The SMILES string of the molecule is Cc1cc2nnc(SCC(=O)NNC(=O)c3ccc(Br)cc3)n2c2ccccc12. The summed E-state index contributed by atoms with van der Waals surface area (Å²) in [5.74, 6) is -0.636. The summed E-state index contributed by atoms with van der Waals surface area (Å²) in [5.41, 5.74) is 8.12. The maximum Gasteiger partial charge on any atom is 0.269 e. The number of hydrogen-bond donors (Lipinski definition) is 2. The average Bonchev–Trinajstić information content (AvgIpc) is 3.14. The van der Waals surface area contributed by atoms with Gasteiger partial charge in [0.15, 0.2) is 10.8 Å². The standard InChI is InChI=1S/C20H16BrN5O2S/c1-12-10-17-22-25-20(26(17)16-5-3-2-4-15(12)16)29-11-18(27)23-24-19(28)13-6-8-14(21)9-7-13/h2-10H,11H2,1H3,(H,23,27)(H,24,28). The monoisotopic (exact) mass is 469 g/mol. The highest BCUT2D eigenvalue weighted by Gasteiger charge is 2.13. The zero-order valence-electron chi connectivity index (χ0n) is 15.3. The summed E-state index contributed by atoms with van der Waals surface area (Å²) in [6.07, 6.45) is 0. The molecule has 0 aliphatic rings. The number of aromatic nitrogens is 3. The van der Waals surface area contributed by atoms with E-state index in [2.05, 4.69) is 37.0 Å². The Morgan fingerprint density at radius 3 is 2.62 bits per heavy atom. The topological polar surface area (TPSA) is 88.4 Å². The van der Waals surface area contributed by atoms with Gasteiger partial charge in [0.25, 0.3) is 5.91 Å². The number of fused-ring (bicyclic) bond motifs is 3. The molecule has 0 spiro atoms. The van der Waals surface area contributed by atoms with Crippen molar-refractivity contribution in [3.05, 3.63) is 70.2 Å². The Balaban J connectivity index is 1.43. The molecule has 4 aromatic rings. The number of nitrogens with zero attached hydrogens (tertiary/aromatic N) is 3. The van der Waals surface area contributed by atoms with Crippen molar-refractivity contribution in [3.8, 4) is 0 Å². The summed E-state index contributed by atoms with van der Waals surface area (Å²) in [4.78, 5) is 24.2. The van der Waals surface area contributed by atoms with Crippen LogP contribution in [-0.2, 0) is 4.79 Å². The van der Waals surface area contributed by atoms with Crippen LogP contribution in [0.1, 0.15) is 15.9 Å². The molecule has 0 unspecified atom stereocenters. The van der Waals surface area contributed by atoms with Crippen LogP contribution in [-0.4, -0.2) is 32.2 Å². The van der Waals surface area contributed by atoms with E-state index >= 15 is 0 Å². The minimum absolute atomic E-state index is 0.0869. The van der Waals surface area contributed by atoms with Gasteiger partial charge in [0, 0.05) is 15.4 Å². The summed E-state index contributed by atoms with van der Waals surface area (Å²) in [6.45, 7) is 2.03. The van der Waals surface area contributed by atoms with Gasteiger partial charge in [-0.15, -0.1) is 10.2 Å². The molecular weight excluding hydrogens is 454 g/mol. The zero-order valence-corrected chi connectivity index (χ0v) is 17.8. The number of nitrogens with one attached hydrogen (secondary N) is 2. The highest BCUT2D eigenvalue weighted by molar-refractivity contribution is 9.10. The van der Waals surface area contributed by atoms with Crippen LogP contribution in [0.25, 0.3) is 16.6 Å². The van der Waals surface area contributed by atoms with Crippen LogP contribution in [0.4, 0.5) is 0 Å². The summed E-state index contributed by atoms with van der Waals surface area (Å²) in [7, 11) is 0. The first-order valence-electron chi connectivity index (χ1n) is 8.74. The number of carbonyl (C=O) groups is 2. The van der Waals surface area contributed by atoms with E-state index in [1.54, 1.807) is 24.3 Å². The fraction of sp³-hybridized carbons (Fsp3) is 0.100. The molecule has 9 heteroatoms. The van der Waals surface area contributed by atoms with E-state index in [0.29, 0.717) is 10.7 Å². The molecule has 146 valence electrons. The Hall–Kier alpha value is -2.91. The first-order chi connectivity index (χ1) is 14.0. The van der Waals surface area contributed by atoms with Crippen molar-refractivity contribution < 1.29 is 9.59 Å². The molecule has 0 fully saturated rings. The number of benzene rings is 2. The third-order valence-corrected chi connectivity index (χ3v) is 5.79. The molecule has 0 atom stereocenters. The number of amides is 2. The Morgan fingerprint density at radius 1 is 1.07 bits per heavy atom. The third-order valence-electron chi connectivity index (χ3n) is 4.33. The average molecular weight is 470 g/mol. The molecule has 0 aliphatic heterocycles. The normalized spacial score (nSPS) is 11.0.